The monoisotopic (exact) mass is 248 g/mol. The fourth-order valence-corrected chi connectivity index (χ4v) is 2.38. The van der Waals surface area contributed by atoms with Crippen molar-refractivity contribution in [2.45, 2.75) is 6.92 Å². The molecule has 0 unspecified atom stereocenters. The largest absolute Gasteiger partial charge is 0.496 e. The molecule has 0 fully saturated rings. The van der Waals surface area contributed by atoms with Gasteiger partial charge in [-0.25, -0.2) is 4.79 Å². The van der Waals surface area contributed by atoms with Crippen molar-refractivity contribution in [3.05, 3.63) is 40.1 Å². The van der Waals surface area contributed by atoms with Crippen molar-refractivity contribution in [2.24, 2.45) is 0 Å². The summed E-state index contributed by atoms with van der Waals surface area (Å²) in [5.74, 6) is -0.141. The van der Waals surface area contributed by atoms with Crippen molar-refractivity contribution in [3.8, 4) is 16.9 Å². The van der Waals surface area contributed by atoms with E-state index in [-0.39, 0.29) is 0 Å². The van der Waals surface area contributed by atoms with Crippen LogP contribution in [0.4, 0.5) is 0 Å². The van der Waals surface area contributed by atoms with Gasteiger partial charge >= 0.3 is 5.97 Å². The number of ether oxygens (including phenoxy) is 1. The van der Waals surface area contributed by atoms with Crippen molar-refractivity contribution >= 4 is 17.3 Å². The molecule has 1 aromatic carbocycles. The summed E-state index contributed by atoms with van der Waals surface area (Å²) in [4.78, 5) is 11.2. The molecule has 0 aliphatic rings. The molecule has 2 aromatic rings. The van der Waals surface area contributed by atoms with E-state index in [1.54, 1.807) is 13.2 Å². The maximum atomic E-state index is 10.8. The van der Waals surface area contributed by atoms with Gasteiger partial charge in [0, 0.05) is 5.56 Å². The third kappa shape index (κ3) is 2.31. The molecule has 0 amide bonds. The molecule has 1 N–H and O–H groups in total. The Morgan fingerprint density at radius 3 is 2.71 bits per heavy atom. The predicted molar refractivity (Wildman–Crippen MR) is 68.0 cm³/mol. The lowest BCUT2D eigenvalue weighted by Crippen LogP contribution is -1.91. The van der Waals surface area contributed by atoms with E-state index >= 15 is 0 Å². The van der Waals surface area contributed by atoms with Crippen LogP contribution in [0.2, 0.25) is 0 Å². The van der Waals surface area contributed by atoms with E-state index in [4.69, 9.17) is 9.84 Å². The Bertz CT molecular complexity index is 558. The average molecular weight is 248 g/mol. The van der Waals surface area contributed by atoms with Crippen molar-refractivity contribution in [2.75, 3.05) is 7.11 Å². The molecule has 0 spiro atoms. The molecule has 0 radical (unpaired) electrons. The van der Waals surface area contributed by atoms with Crippen molar-refractivity contribution < 1.29 is 14.6 Å². The first-order valence-corrected chi connectivity index (χ1v) is 5.96. The maximum absolute atomic E-state index is 10.8. The van der Waals surface area contributed by atoms with Gasteiger partial charge in [0.25, 0.3) is 0 Å². The van der Waals surface area contributed by atoms with Crippen LogP contribution in [0.15, 0.2) is 29.6 Å². The standard InChI is InChI=1S/C13H12O3S/c1-8-3-4-11(16-2)10(5-8)9-6-12(13(14)15)17-7-9/h3-7H,1-2H3,(H,14,15). The minimum Gasteiger partial charge on any atom is -0.496 e. The Morgan fingerprint density at radius 1 is 1.35 bits per heavy atom. The van der Waals surface area contributed by atoms with E-state index in [0.29, 0.717) is 4.88 Å². The second-order valence-electron chi connectivity index (χ2n) is 3.71. The summed E-state index contributed by atoms with van der Waals surface area (Å²) in [7, 11) is 1.61. The van der Waals surface area contributed by atoms with Crippen LogP contribution in [0.3, 0.4) is 0 Å². The number of rotatable bonds is 3. The minimum absolute atomic E-state index is 0.337. The van der Waals surface area contributed by atoms with Crippen LogP contribution in [0.25, 0.3) is 11.1 Å². The lowest BCUT2D eigenvalue weighted by Gasteiger charge is -2.07. The number of methoxy groups -OCH3 is 1. The van der Waals surface area contributed by atoms with Crippen LogP contribution >= 0.6 is 11.3 Å². The summed E-state index contributed by atoms with van der Waals surface area (Å²) in [5.41, 5.74) is 2.92. The average Bonchev–Trinajstić information content (AvgIpc) is 2.78. The van der Waals surface area contributed by atoms with Gasteiger partial charge in [0.05, 0.1) is 7.11 Å². The molecular formula is C13H12O3S. The van der Waals surface area contributed by atoms with Gasteiger partial charge in [-0.2, -0.15) is 0 Å². The fourth-order valence-electron chi connectivity index (χ4n) is 1.64. The van der Waals surface area contributed by atoms with Gasteiger partial charge in [-0.3, -0.25) is 0 Å². The molecule has 0 aliphatic carbocycles. The Balaban J connectivity index is 2.51. The molecule has 0 saturated heterocycles. The summed E-state index contributed by atoms with van der Waals surface area (Å²) in [6.07, 6.45) is 0. The van der Waals surface area contributed by atoms with Crippen molar-refractivity contribution in [1.82, 2.24) is 0 Å². The lowest BCUT2D eigenvalue weighted by atomic mass is 10.0. The van der Waals surface area contributed by atoms with Gasteiger partial charge < -0.3 is 9.84 Å². The summed E-state index contributed by atoms with van der Waals surface area (Å²) in [6.45, 7) is 1.99. The van der Waals surface area contributed by atoms with E-state index in [9.17, 15) is 4.79 Å². The Labute approximate surface area is 103 Å². The molecule has 0 saturated carbocycles. The maximum Gasteiger partial charge on any atom is 0.345 e. The molecular weight excluding hydrogens is 236 g/mol. The third-order valence-electron chi connectivity index (χ3n) is 2.48. The van der Waals surface area contributed by atoms with Crippen molar-refractivity contribution in [1.29, 1.82) is 0 Å². The predicted octanol–water partition coefficient (Wildman–Crippen LogP) is 3.43. The Kier molecular flexibility index (Phi) is 3.15. The number of hydrogen-bond donors (Lipinski definition) is 1. The highest BCUT2D eigenvalue weighted by molar-refractivity contribution is 7.12. The molecule has 3 nitrogen and oxygen atoms in total. The van der Waals surface area contributed by atoms with Gasteiger partial charge in [0.15, 0.2) is 0 Å². The normalized spacial score (nSPS) is 10.2. The SMILES string of the molecule is COc1ccc(C)cc1-c1csc(C(=O)O)c1. The van der Waals surface area contributed by atoms with E-state index < -0.39 is 5.97 Å². The van der Waals surface area contributed by atoms with Crippen LogP contribution in [0, 0.1) is 6.92 Å². The zero-order valence-electron chi connectivity index (χ0n) is 9.56. The van der Waals surface area contributed by atoms with Crippen LogP contribution < -0.4 is 4.74 Å². The topological polar surface area (TPSA) is 46.5 Å². The summed E-state index contributed by atoms with van der Waals surface area (Å²) in [6, 6.07) is 7.52. The Hall–Kier alpha value is -1.81. The molecule has 88 valence electrons. The second-order valence-corrected chi connectivity index (χ2v) is 4.62. The highest BCUT2D eigenvalue weighted by atomic mass is 32.1. The first-order chi connectivity index (χ1) is 8.11. The zero-order valence-corrected chi connectivity index (χ0v) is 10.4. The number of benzene rings is 1. The quantitative estimate of drug-likeness (QED) is 0.905. The zero-order chi connectivity index (χ0) is 12.4. The van der Waals surface area contributed by atoms with Gasteiger partial charge in [-0.05, 0) is 36.1 Å². The number of thiophene rings is 1. The molecule has 0 bridgehead atoms. The number of hydrogen-bond acceptors (Lipinski definition) is 3. The summed E-state index contributed by atoms with van der Waals surface area (Å²) in [5, 5.41) is 10.7. The summed E-state index contributed by atoms with van der Waals surface area (Å²) >= 11 is 1.22. The van der Waals surface area contributed by atoms with Crippen LogP contribution in [-0.2, 0) is 0 Å². The lowest BCUT2D eigenvalue weighted by molar-refractivity contribution is 0.0702. The second kappa shape index (κ2) is 4.59. The Morgan fingerprint density at radius 2 is 2.12 bits per heavy atom. The number of aromatic carboxylic acids is 1. The van der Waals surface area contributed by atoms with Gasteiger partial charge in [0.2, 0.25) is 0 Å². The number of carboxylic acids is 1. The molecule has 0 aliphatic heterocycles. The molecule has 1 heterocycles. The van der Waals surface area contributed by atoms with E-state index in [1.165, 1.54) is 11.3 Å². The summed E-state index contributed by atoms with van der Waals surface area (Å²) < 4.78 is 5.28. The highest BCUT2D eigenvalue weighted by Crippen LogP contribution is 2.33. The first-order valence-electron chi connectivity index (χ1n) is 5.08. The van der Waals surface area contributed by atoms with E-state index in [0.717, 1.165) is 22.4 Å². The molecule has 2 rings (SSSR count). The van der Waals surface area contributed by atoms with Crippen LogP contribution in [0.1, 0.15) is 15.2 Å². The van der Waals surface area contributed by atoms with E-state index in [1.807, 2.05) is 30.5 Å². The highest BCUT2D eigenvalue weighted by Gasteiger charge is 2.11. The third-order valence-corrected chi connectivity index (χ3v) is 3.39. The van der Waals surface area contributed by atoms with E-state index in [2.05, 4.69) is 0 Å². The smallest absolute Gasteiger partial charge is 0.345 e. The molecule has 17 heavy (non-hydrogen) atoms. The van der Waals surface area contributed by atoms with Gasteiger partial charge in [-0.1, -0.05) is 11.6 Å². The van der Waals surface area contributed by atoms with Gasteiger partial charge in [-0.15, -0.1) is 11.3 Å². The molecule has 1 aromatic heterocycles. The van der Waals surface area contributed by atoms with Crippen LogP contribution in [-0.4, -0.2) is 18.2 Å². The van der Waals surface area contributed by atoms with Crippen LogP contribution in [0.5, 0.6) is 5.75 Å². The van der Waals surface area contributed by atoms with Gasteiger partial charge in [0.1, 0.15) is 10.6 Å². The minimum atomic E-state index is -0.895. The number of aryl methyl sites for hydroxylation is 1. The number of carbonyl (C=O) groups is 1. The first kappa shape index (κ1) is 11.7. The molecule has 0 atom stereocenters. The van der Waals surface area contributed by atoms with Crippen molar-refractivity contribution in [3.63, 3.8) is 0 Å². The fraction of sp³-hybridized carbons (Fsp3) is 0.154. The number of carboxylic acid groups (broad SMARTS) is 1. The molecule has 4 heteroatoms.